The summed E-state index contributed by atoms with van der Waals surface area (Å²) in [7, 11) is 0. The first-order valence-corrected chi connectivity index (χ1v) is 7.92. The first-order chi connectivity index (χ1) is 9.78. The molecule has 0 N–H and O–H groups in total. The molecule has 0 saturated carbocycles. The van der Waals surface area contributed by atoms with Gasteiger partial charge in [0.15, 0.2) is 0 Å². The highest BCUT2D eigenvalue weighted by atomic mass is 79.9. The van der Waals surface area contributed by atoms with Crippen LogP contribution >= 0.6 is 15.9 Å². The Morgan fingerprint density at radius 3 is 2.85 bits per heavy atom. The first-order valence-electron chi connectivity index (χ1n) is 6.79. The van der Waals surface area contributed by atoms with Gasteiger partial charge in [0.1, 0.15) is 24.2 Å². The van der Waals surface area contributed by atoms with Gasteiger partial charge >= 0.3 is 0 Å². The summed E-state index contributed by atoms with van der Waals surface area (Å²) in [6.45, 7) is 2.66. The molecule has 2 aromatic carbocycles. The van der Waals surface area contributed by atoms with Crippen LogP contribution in [0.2, 0.25) is 0 Å². The van der Waals surface area contributed by atoms with E-state index in [1.807, 2.05) is 12.1 Å². The second-order valence-corrected chi connectivity index (χ2v) is 5.62. The van der Waals surface area contributed by atoms with Crippen molar-refractivity contribution in [3.8, 4) is 11.5 Å². The number of halogens is 1. The van der Waals surface area contributed by atoms with E-state index in [0.29, 0.717) is 6.61 Å². The third-order valence-electron chi connectivity index (χ3n) is 3.56. The molecular weight excluding hydrogens is 316 g/mol. The monoisotopic (exact) mass is 332 g/mol. The van der Waals surface area contributed by atoms with Crippen LogP contribution in [0.5, 0.6) is 11.5 Å². The number of alkyl halides is 1. The Morgan fingerprint density at radius 1 is 1.20 bits per heavy atom. The number of aryl methyl sites for hydroxylation is 1. The molecule has 0 aliphatic carbocycles. The lowest BCUT2D eigenvalue weighted by atomic mass is 10.1. The highest BCUT2D eigenvalue weighted by Gasteiger charge is 2.23. The van der Waals surface area contributed by atoms with Crippen molar-refractivity contribution in [2.45, 2.75) is 24.8 Å². The van der Waals surface area contributed by atoms with E-state index in [2.05, 4.69) is 53.2 Å². The number of para-hydroxylation sites is 2. The van der Waals surface area contributed by atoms with E-state index in [-0.39, 0.29) is 6.10 Å². The molecule has 1 heterocycles. The molecule has 0 radical (unpaired) electrons. The summed E-state index contributed by atoms with van der Waals surface area (Å²) >= 11 is 3.51. The highest BCUT2D eigenvalue weighted by molar-refractivity contribution is 9.08. The van der Waals surface area contributed by atoms with Crippen LogP contribution in [0, 0.1) is 6.92 Å². The lowest BCUT2D eigenvalue weighted by molar-refractivity contribution is 0.147. The van der Waals surface area contributed by atoms with Crippen LogP contribution in [0.25, 0.3) is 0 Å². The van der Waals surface area contributed by atoms with E-state index in [1.165, 1.54) is 11.1 Å². The molecule has 0 amide bonds. The molecule has 1 aliphatic rings. The SMILES string of the molecule is Cc1cccc(CBr)c1OCC1Cc2ccccc2O1. The Labute approximate surface area is 127 Å². The van der Waals surface area contributed by atoms with E-state index >= 15 is 0 Å². The van der Waals surface area contributed by atoms with Gasteiger partial charge in [-0.3, -0.25) is 0 Å². The van der Waals surface area contributed by atoms with E-state index in [0.717, 1.165) is 28.8 Å². The van der Waals surface area contributed by atoms with Gasteiger partial charge in [-0.25, -0.2) is 0 Å². The fourth-order valence-electron chi connectivity index (χ4n) is 2.55. The fraction of sp³-hybridized carbons (Fsp3) is 0.294. The molecular formula is C17H17BrO2. The minimum Gasteiger partial charge on any atom is -0.489 e. The average molecular weight is 333 g/mol. The van der Waals surface area contributed by atoms with Crippen LogP contribution in [-0.2, 0) is 11.8 Å². The molecule has 20 heavy (non-hydrogen) atoms. The van der Waals surface area contributed by atoms with Crippen molar-refractivity contribution in [3.63, 3.8) is 0 Å². The molecule has 0 spiro atoms. The number of hydrogen-bond acceptors (Lipinski definition) is 2. The van der Waals surface area contributed by atoms with Gasteiger partial charge in [-0.2, -0.15) is 0 Å². The predicted molar refractivity (Wildman–Crippen MR) is 83.9 cm³/mol. The number of benzene rings is 2. The highest BCUT2D eigenvalue weighted by Crippen LogP contribution is 2.30. The smallest absolute Gasteiger partial charge is 0.137 e. The van der Waals surface area contributed by atoms with Crippen LogP contribution < -0.4 is 9.47 Å². The average Bonchev–Trinajstić information content (AvgIpc) is 2.88. The molecule has 2 aromatic rings. The van der Waals surface area contributed by atoms with Crippen molar-refractivity contribution in [1.29, 1.82) is 0 Å². The van der Waals surface area contributed by atoms with Crippen LogP contribution in [0.15, 0.2) is 42.5 Å². The van der Waals surface area contributed by atoms with Gasteiger partial charge < -0.3 is 9.47 Å². The normalized spacial score (nSPS) is 16.6. The van der Waals surface area contributed by atoms with E-state index in [9.17, 15) is 0 Å². The second kappa shape index (κ2) is 5.88. The predicted octanol–water partition coefficient (Wildman–Crippen LogP) is 4.27. The van der Waals surface area contributed by atoms with Crippen LogP contribution in [0.4, 0.5) is 0 Å². The molecule has 3 heteroatoms. The van der Waals surface area contributed by atoms with E-state index in [1.54, 1.807) is 0 Å². The molecule has 0 bridgehead atoms. The Morgan fingerprint density at radius 2 is 2.05 bits per heavy atom. The summed E-state index contributed by atoms with van der Waals surface area (Å²) in [5.41, 5.74) is 3.62. The molecule has 1 unspecified atom stereocenters. The van der Waals surface area contributed by atoms with Crippen LogP contribution in [-0.4, -0.2) is 12.7 Å². The summed E-state index contributed by atoms with van der Waals surface area (Å²) in [4.78, 5) is 0. The maximum absolute atomic E-state index is 6.02. The molecule has 0 saturated heterocycles. The maximum Gasteiger partial charge on any atom is 0.137 e. The quantitative estimate of drug-likeness (QED) is 0.778. The van der Waals surface area contributed by atoms with Crippen molar-refractivity contribution in [2.75, 3.05) is 6.61 Å². The number of hydrogen-bond donors (Lipinski definition) is 0. The standard InChI is InChI=1S/C17H17BrO2/c1-12-5-4-7-14(10-18)17(12)19-11-15-9-13-6-2-3-8-16(13)20-15/h2-8,15H,9-11H2,1H3. The first kappa shape index (κ1) is 13.5. The molecule has 2 nitrogen and oxygen atoms in total. The van der Waals surface area contributed by atoms with E-state index in [4.69, 9.17) is 9.47 Å². The maximum atomic E-state index is 6.02. The number of rotatable bonds is 4. The molecule has 104 valence electrons. The van der Waals surface area contributed by atoms with Gasteiger partial charge in [0.25, 0.3) is 0 Å². The van der Waals surface area contributed by atoms with Crippen LogP contribution in [0.3, 0.4) is 0 Å². The fourth-order valence-corrected chi connectivity index (χ4v) is 2.99. The lowest BCUT2D eigenvalue weighted by Gasteiger charge is -2.16. The number of fused-ring (bicyclic) bond motifs is 1. The number of ether oxygens (including phenoxy) is 2. The van der Waals surface area contributed by atoms with Gasteiger partial charge in [0, 0.05) is 17.3 Å². The third kappa shape index (κ3) is 2.68. The molecule has 0 fully saturated rings. The molecule has 0 aromatic heterocycles. The topological polar surface area (TPSA) is 18.5 Å². The van der Waals surface area contributed by atoms with Gasteiger partial charge in [-0.1, -0.05) is 52.3 Å². The van der Waals surface area contributed by atoms with Crippen molar-refractivity contribution >= 4 is 15.9 Å². The Hall–Kier alpha value is -1.48. The minimum absolute atomic E-state index is 0.107. The second-order valence-electron chi connectivity index (χ2n) is 5.06. The van der Waals surface area contributed by atoms with Crippen molar-refractivity contribution in [2.24, 2.45) is 0 Å². The largest absolute Gasteiger partial charge is 0.489 e. The molecule has 1 atom stereocenters. The van der Waals surface area contributed by atoms with Crippen LogP contribution in [0.1, 0.15) is 16.7 Å². The summed E-state index contributed by atoms with van der Waals surface area (Å²) < 4.78 is 11.9. The zero-order valence-corrected chi connectivity index (χ0v) is 13.0. The van der Waals surface area contributed by atoms with Crippen molar-refractivity contribution in [1.82, 2.24) is 0 Å². The summed E-state index contributed by atoms with van der Waals surface area (Å²) in [6, 6.07) is 14.4. The lowest BCUT2D eigenvalue weighted by Crippen LogP contribution is -2.22. The Bertz CT molecular complexity index is 585. The van der Waals surface area contributed by atoms with Gasteiger partial charge in [-0.05, 0) is 24.1 Å². The van der Waals surface area contributed by atoms with Crippen molar-refractivity contribution < 1.29 is 9.47 Å². The Kier molecular flexibility index (Phi) is 3.97. The van der Waals surface area contributed by atoms with Crippen molar-refractivity contribution in [3.05, 3.63) is 59.2 Å². The van der Waals surface area contributed by atoms with Gasteiger partial charge in [-0.15, -0.1) is 0 Å². The molecule has 1 aliphatic heterocycles. The molecule has 3 rings (SSSR count). The van der Waals surface area contributed by atoms with Gasteiger partial charge in [0.2, 0.25) is 0 Å². The minimum atomic E-state index is 0.107. The Balaban J connectivity index is 1.67. The van der Waals surface area contributed by atoms with Gasteiger partial charge in [0.05, 0.1) is 0 Å². The zero-order chi connectivity index (χ0) is 13.9. The summed E-state index contributed by atoms with van der Waals surface area (Å²) in [5, 5.41) is 0.801. The summed E-state index contributed by atoms with van der Waals surface area (Å²) in [6.07, 6.45) is 1.03. The summed E-state index contributed by atoms with van der Waals surface area (Å²) in [5.74, 6) is 1.97. The zero-order valence-electron chi connectivity index (χ0n) is 11.4. The third-order valence-corrected chi connectivity index (χ3v) is 4.17. The van der Waals surface area contributed by atoms with E-state index < -0.39 is 0 Å².